The van der Waals surface area contributed by atoms with Gasteiger partial charge < -0.3 is 10.4 Å². The molecule has 1 aromatic rings. The van der Waals surface area contributed by atoms with E-state index in [0.717, 1.165) is 25.6 Å². The minimum absolute atomic E-state index is 0.0990. The van der Waals surface area contributed by atoms with Gasteiger partial charge in [-0.25, -0.2) is 12.8 Å². The van der Waals surface area contributed by atoms with E-state index in [1.807, 2.05) is 0 Å². The van der Waals surface area contributed by atoms with Crippen LogP contribution in [0.3, 0.4) is 0 Å². The van der Waals surface area contributed by atoms with Crippen molar-refractivity contribution in [3.63, 3.8) is 0 Å². The fourth-order valence-corrected chi connectivity index (χ4v) is 2.82. The van der Waals surface area contributed by atoms with Crippen molar-refractivity contribution >= 4 is 9.84 Å². The van der Waals surface area contributed by atoms with Crippen LogP contribution in [-0.4, -0.2) is 26.3 Å². The summed E-state index contributed by atoms with van der Waals surface area (Å²) in [6, 6.07) is 2.58. The number of phenolic OH excluding ortho intramolecular Hbond substituents is 1. The fourth-order valence-electron chi connectivity index (χ4n) is 2.08. The summed E-state index contributed by atoms with van der Waals surface area (Å²) in [7, 11) is -3.65. The fraction of sp³-hybridized carbons (Fsp3) is 0.455. The second-order valence-electron chi connectivity index (χ2n) is 4.24. The molecular formula is C11H14FNO3S. The molecule has 2 N–H and O–H groups in total. The molecule has 1 aliphatic rings. The maximum Gasteiger partial charge on any atom is 0.183 e. The first-order valence-corrected chi connectivity index (χ1v) is 7.25. The van der Waals surface area contributed by atoms with Gasteiger partial charge in [0.25, 0.3) is 0 Å². The molecule has 1 aliphatic heterocycles. The molecule has 0 amide bonds. The molecule has 94 valence electrons. The zero-order valence-corrected chi connectivity index (χ0v) is 10.2. The molecule has 0 bridgehead atoms. The number of rotatable bonds is 2. The summed E-state index contributed by atoms with van der Waals surface area (Å²) < 4.78 is 36.3. The lowest BCUT2D eigenvalue weighted by molar-refractivity contribution is 0.408. The molecule has 0 saturated carbocycles. The van der Waals surface area contributed by atoms with Crippen molar-refractivity contribution in [3.05, 3.63) is 23.5 Å². The first-order valence-electron chi connectivity index (χ1n) is 5.36. The van der Waals surface area contributed by atoms with Crippen molar-refractivity contribution in [1.29, 1.82) is 0 Å². The highest BCUT2D eigenvalue weighted by molar-refractivity contribution is 7.90. The molecule has 0 spiro atoms. The van der Waals surface area contributed by atoms with Crippen molar-refractivity contribution in [2.75, 3.05) is 12.8 Å². The van der Waals surface area contributed by atoms with E-state index < -0.39 is 26.3 Å². The van der Waals surface area contributed by atoms with Crippen LogP contribution >= 0.6 is 0 Å². The van der Waals surface area contributed by atoms with Crippen molar-refractivity contribution in [1.82, 2.24) is 5.32 Å². The van der Waals surface area contributed by atoms with Gasteiger partial charge in [0.05, 0.1) is 0 Å². The number of hydrogen-bond donors (Lipinski definition) is 2. The highest BCUT2D eigenvalue weighted by Gasteiger charge is 2.25. The van der Waals surface area contributed by atoms with Gasteiger partial charge in [0.2, 0.25) is 0 Å². The van der Waals surface area contributed by atoms with Crippen LogP contribution in [0.15, 0.2) is 17.0 Å². The molecule has 6 heteroatoms. The SMILES string of the molecule is CS(=O)(=O)c1ccc(C2CCCN2)c(O)c1F. The average Bonchev–Trinajstić information content (AvgIpc) is 2.73. The predicted molar refractivity (Wildman–Crippen MR) is 61.2 cm³/mol. The van der Waals surface area contributed by atoms with Gasteiger partial charge in [-0.3, -0.25) is 0 Å². The van der Waals surface area contributed by atoms with Crippen molar-refractivity contribution in [3.8, 4) is 5.75 Å². The summed E-state index contributed by atoms with van der Waals surface area (Å²) in [5.41, 5.74) is 0.424. The van der Waals surface area contributed by atoms with E-state index in [9.17, 15) is 17.9 Å². The van der Waals surface area contributed by atoms with Crippen molar-refractivity contribution < 1.29 is 17.9 Å². The Labute approximate surface area is 99.4 Å². The van der Waals surface area contributed by atoms with Gasteiger partial charge in [-0.2, -0.15) is 0 Å². The van der Waals surface area contributed by atoms with Gasteiger partial charge in [-0.1, -0.05) is 6.07 Å². The van der Waals surface area contributed by atoms with E-state index >= 15 is 0 Å². The summed E-state index contributed by atoms with van der Waals surface area (Å²) in [5.74, 6) is -1.62. The molecule has 17 heavy (non-hydrogen) atoms. The lowest BCUT2D eigenvalue weighted by Gasteiger charge is -2.14. The lowest BCUT2D eigenvalue weighted by atomic mass is 10.0. The summed E-state index contributed by atoms with van der Waals surface area (Å²) >= 11 is 0. The predicted octanol–water partition coefficient (Wildman–Crippen LogP) is 1.36. The van der Waals surface area contributed by atoms with Crippen LogP contribution in [0.5, 0.6) is 5.75 Å². The van der Waals surface area contributed by atoms with E-state index in [0.29, 0.717) is 5.56 Å². The molecule has 1 heterocycles. The van der Waals surface area contributed by atoms with Crippen LogP contribution in [-0.2, 0) is 9.84 Å². The number of benzene rings is 1. The third-order valence-corrected chi connectivity index (χ3v) is 4.06. The van der Waals surface area contributed by atoms with E-state index in [1.165, 1.54) is 12.1 Å². The van der Waals surface area contributed by atoms with Gasteiger partial charge >= 0.3 is 0 Å². The maximum atomic E-state index is 13.8. The number of hydrogen-bond acceptors (Lipinski definition) is 4. The normalized spacial score (nSPS) is 20.7. The van der Waals surface area contributed by atoms with E-state index in [4.69, 9.17) is 0 Å². The molecule has 1 fully saturated rings. The molecular weight excluding hydrogens is 245 g/mol. The molecule has 1 aromatic carbocycles. The third kappa shape index (κ3) is 2.28. The van der Waals surface area contributed by atoms with E-state index in [-0.39, 0.29) is 6.04 Å². The molecule has 1 atom stereocenters. The third-order valence-electron chi connectivity index (χ3n) is 2.95. The van der Waals surface area contributed by atoms with Crippen LogP contribution < -0.4 is 5.32 Å². The zero-order valence-electron chi connectivity index (χ0n) is 9.40. The summed E-state index contributed by atoms with van der Waals surface area (Å²) in [6.07, 6.45) is 2.68. The Morgan fingerprint density at radius 2 is 2.18 bits per heavy atom. The van der Waals surface area contributed by atoms with Crippen LogP contribution in [0.25, 0.3) is 0 Å². The smallest absolute Gasteiger partial charge is 0.183 e. The number of sulfone groups is 1. The summed E-state index contributed by atoms with van der Waals surface area (Å²) in [5, 5.41) is 12.8. The summed E-state index contributed by atoms with van der Waals surface area (Å²) in [6.45, 7) is 0.819. The minimum atomic E-state index is -3.65. The van der Waals surface area contributed by atoms with Gasteiger partial charge in [0.15, 0.2) is 21.4 Å². The number of phenols is 1. The van der Waals surface area contributed by atoms with Gasteiger partial charge in [-0.15, -0.1) is 0 Å². The topological polar surface area (TPSA) is 66.4 Å². The van der Waals surface area contributed by atoms with Crippen LogP contribution in [0.1, 0.15) is 24.4 Å². The molecule has 0 aromatic heterocycles. The Hall–Kier alpha value is -1.14. The van der Waals surface area contributed by atoms with Crippen LogP contribution in [0.4, 0.5) is 4.39 Å². The largest absolute Gasteiger partial charge is 0.505 e. The number of nitrogens with one attached hydrogen (secondary N) is 1. The number of halogens is 1. The minimum Gasteiger partial charge on any atom is -0.505 e. The first kappa shape index (κ1) is 12.3. The van der Waals surface area contributed by atoms with Gasteiger partial charge in [-0.05, 0) is 25.5 Å². The highest BCUT2D eigenvalue weighted by Crippen LogP contribution is 2.34. The quantitative estimate of drug-likeness (QED) is 0.841. The van der Waals surface area contributed by atoms with Gasteiger partial charge in [0, 0.05) is 17.9 Å². The van der Waals surface area contributed by atoms with E-state index in [1.54, 1.807) is 0 Å². The molecule has 0 aliphatic carbocycles. The monoisotopic (exact) mass is 259 g/mol. The second kappa shape index (κ2) is 4.27. The van der Waals surface area contributed by atoms with Crippen LogP contribution in [0.2, 0.25) is 0 Å². The zero-order chi connectivity index (χ0) is 12.6. The maximum absolute atomic E-state index is 13.8. The molecule has 1 unspecified atom stereocenters. The lowest BCUT2D eigenvalue weighted by Crippen LogP contribution is -2.14. The Balaban J connectivity index is 2.49. The van der Waals surface area contributed by atoms with Crippen molar-refractivity contribution in [2.45, 2.75) is 23.8 Å². The Bertz CT molecular complexity index is 536. The summed E-state index contributed by atoms with van der Waals surface area (Å²) in [4.78, 5) is -0.461. The second-order valence-corrected chi connectivity index (χ2v) is 6.22. The van der Waals surface area contributed by atoms with E-state index in [2.05, 4.69) is 5.32 Å². The average molecular weight is 259 g/mol. The first-order chi connectivity index (χ1) is 7.91. The Kier molecular flexibility index (Phi) is 3.09. The molecule has 0 radical (unpaired) electrons. The van der Waals surface area contributed by atoms with Crippen molar-refractivity contribution in [2.24, 2.45) is 0 Å². The Morgan fingerprint density at radius 1 is 1.47 bits per heavy atom. The molecule has 1 saturated heterocycles. The number of aromatic hydroxyl groups is 1. The highest BCUT2D eigenvalue weighted by atomic mass is 32.2. The standard InChI is InChI=1S/C11H14FNO3S/c1-17(15,16)9-5-4-7(11(14)10(9)12)8-3-2-6-13-8/h4-5,8,13-14H,2-3,6H2,1H3. The molecule has 2 rings (SSSR count). The van der Waals surface area contributed by atoms with Gasteiger partial charge in [0.1, 0.15) is 4.90 Å². The molecule has 4 nitrogen and oxygen atoms in total. The Morgan fingerprint density at radius 3 is 2.71 bits per heavy atom. The van der Waals surface area contributed by atoms with Crippen LogP contribution in [0, 0.1) is 5.82 Å².